The van der Waals surface area contributed by atoms with E-state index < -0.39 is 0 Å². The number of carbonyl (C=O) groups is 1. The normalized spacial score (nSPS) is 23.8. The first-order valence-corrected chi connectivity index (χ1v) is 6.74. The molecule has 2 atom stereocenters. The van der Waals surface area contributed by atoms with E-state index in [4.69, 9.17) is 11.6 Å². The molecule has 0 spiro atoms. The van der Waals surface area contributed by atoms with Crippen molar-refractivity contribution in [2.24, 2.45) is 11.8 Å². The van der Waals surface area contributed by atoms with Crippen LogP contribution in [0.3, 0.4) is 0 Å². The number of hydrogen-bond acceptors (Lipinski definition) is 1. The quantitative estimate of drug-likeness (QED) is 0.823. The van der Waals surface area contributed by atoms with E-state index in [1.807, 2.05) is 23.1 Å². The average molecular weight is 267 g/mol. The molecule has 1 aromatic rings. The Morgan fingerprint density at radius 1 is 1.28 bits per heavy atom. The molecule has 0 aromatic heterocycles. The monoisotopic (exact) mass is 266 g/mol. The van der Waals surface area contributed by atoms with Crippen LogP contribution in [0.4, 0.5) is 10.5 Å². The summed E-state index contributed by atoms with van der Waals surface area (Å²) in [5.41, 5.74) is 0.676. The molecule has 0 aliphatic carbocycles. The van der Waals surface area contributed by atoms with Gasteiger partial charge in [-0.15, -0.1) is 0 Å². The van der Waals surface area contributed by atoms with Crippen LogP contribution in [0.15, 0.2) is 24.3 Å². The first kappa shape index (κ1) is 13.2. The van der Waals surface area contributed by atoms with Crippen molar-refractivity contribution in [3.05, 3.63) is 29.3 Å². The number of nitrogens with one attached hydrogen (secondary N) is 1. The number of rotatable bonds is 1. The summed E-state index contributed by atoms with van der Waals surface area (Å²) in [6, 6.07) is 7.25. The van der Waals surface area contributed by atoms with Crippen LogP contribution in [0, 0.1) is 11.8 Å². The molecule has 4 heteroatoms. The predicted octanol–water partition coefficient (Wildman–Crippen LogP) is 3.85. The molecule has 0 radical (unpaired) electrons. The molecule has 1 heterocycles. The second-order valence-electron chi connectivity index (χ2n) is 5.26. The van der Waals surface area contributed by atoms with E-state index in [0.29, 0.717) is 22.5 Å². The highest BCUT2D eigenvalue weighted by Crippen LogP contribution is 2.24. The van der Waals surface area contributed by atoms with Gasteiger partial charge in [-0.25, -0.2) is 4.79 Å². The summed E-state index contributed by atoms with van der Waals surface area (Å²) in [5, 5.41) is 3.45. The van der Waals surface area contributed by atoms with Crippen LogP contribution < -0.4 is 5.32 Å². The molecule has 0 unspecified atom stereocenters. The summed E-state index contributed by atoms with van der Waals surface area (Å²) in [4.78, 5) is 14.0. The lowest BCUT2D eigenvalue weighted by molar-refractivity contribution is 0.156. The molecule has 1 N–H and O–H groups in total. The fourth-order valence-corrected chi connectivity index (χ4v) is 2.77. The van der Waals surface area contributed by atoms with Gasteiger partial charge >= 0.3 is 6.03 Å². The summed E-state index contributed by atoms with van der Waals surface area (Å²) >= 11 is 6.03. The maximum Gasteiger partial charge on any atom is 0.321 e. The zero-order valence-electron chi connectivity index (χ0n) is 10.8. The molecule has 1 aliphatic heterocycles. The van der Waals surface area contributed by atoms with E-state index >= 15 is 0 Å². The maximum absolute atomic E-state index is 12.2. The van der Waals surface area contributed by atoms with E-state index in [2.05, 4.69) is 19.2 Å². The van der Waals surface area contributed by atoms with E-state index in [-0.39, 0.29) is 6.03 Å². The van der Waals surface area contributed by atoms with Crippen LogP contribution in [-0.4, -0.2) is 24.0 Å². The van der Waals surface area contributed by atoms with Gasteiger partial charge in [-0.3, -0.25) is 0 Å². The second kappa shape index (κ2) is 5.61. The molecular formula is C14H19ClN2O. The van der Waals surface area contributed by atoms with Crippen LogP contribution in [-0.2, 0) is 0 Å². The first-order valence-electron chi connectivity index (χ1n) is 6.36. The van der Waals surface area contributed by atoms with Crippen LogP contribution in [0.1, 0.15) is 20.3 Å². The Balaban J connectivity index is 2.02. The lowest BCUT2D eigenvalue weighted by Crippen LogP contribution is -2.44. The highest BCUT2D eigenvalue weighted by molar-refractivity contribution is 6.33. The van der Waals surface area contributed by atoms with Crippen LogP contribution in [0.5, 0.6) is 0 Å². The van der Waals surface area contributed by atoms with Gasteiger partial charge in [0.25, 0.3) is 0 Å². The van der Waals surface area contributed by atoms with E-state index in [9.17, 15) is 4.79 Å². The number of likely N-dealkylation sites (tertiary alicyclic amines) is 1. The molecule has 3 nitrogen and oxygen atoms in total. The highest BCUT2D eigenvalue weighted by atomic mass is 35.5. The zero-order valence-corrected chi connectivity index (χ0v) is 11.6. The third-order valence-corrected chi connectivity index (χ3v) is 3.60. The Kier molecular flexibility index (Phi) is 4.12. The Morgan fingerprint density at radius 2 is 1.89 bits per heavy atom. The smallest absolute Gasteiger partial charge is 0.321 e. The third-order valence-electron chi connectivity index (χ3n) is 3.27. The number of carbonyl (C=O) groups excluding carboxylic acids is 1. The van der Waals surface area contributed by atoms with Gasteiger partial charge in [0.05, 0.1) is 10.7 Å². The molecule has 1 fully saturated rings. The van der Waals surface area contributed by atoms with Crippen molar-refractivity contribution in [1.29, 1.82) is 0 Å². The Hall–Kier alpha value is -1.22. The third kappa shape index (κ3) is 3.16. The van der Waals surface area contributed by atoms with Gasteiger partial charge in [0.1, 0.15) is 0 Å². The van der Waals surface area contributed by atoms with Gasteiger partial charge < -0.3 is 10.2 Å². The number of nitrogens with zero attached hydrogens (tertiary/aromatic N) is 1. The Labute approximate surface area is 113 Å². The largest absolute Gasteiger partial charge is 0.324 e. The molecule has 1 saturated heterocycles. The minimum absolute atomic E-state index is 0.0542. The summed E-state index contributed by atoms with van der Waals surface area (Å²) in [7, 11) is 0. The lowest BCUT2D eigenvalue weighted by atomic mass is 9.92. The molecule has 2 rings (SSSR count). The van der Waals surface area contributed by atoms with Crippen molar-refractivity contribution >= 4 is 23.3 Å². The second-order valence-corrected chi connectivity index (χ2v) is 5.67. The van der Waals surface area contributed by atoms with Gasteiger partial charge in [-0.05, 0) is 30.4 Å². The van der Waals surface area contributed by atoms with Gasteiger partial charge in [-0.1, -0.05) is 37.6 Å². The minimum Gasteiger partial charge on any atom is -0.324 e. The van der Waals surface area contributed by atoms with Crippen molar-refractivity contribution in [3.63, 3.8) is 0 Å². The number of piperidine rings is 1. The minimum atomic E-state index is -0.0542. The molecule has 2 amide bonds. The SMILES string of the molecule is C[C@@H]1C[C@@H](C)CN(C(=O)Nc2ccccc2Cl)C1. The molecule has 0 bridgehead atoms. The van der Waals surface area contributed by atoms with Crippen molar-refractivity contribution < 1.29 is 4.79 Å². The van der Waals surface area contributed by atoms with Gasteiger partial charge in [0, 0.05) is 13.1 Å². The number of benzene rings is 1. The zero-order chi connectivity index (χ0) is 13.1. The first-order chi connectivity index (χ1) is 8.56. The maximum atomic E-state index is 12.2. The van der Waals surface area contributed by atoms with E-state index in [1.165, 1.54) is 6.42 Å². The summed E-state index contributed by atoms with van der Waals surface area (Å²) in [5.74, 6) is 1.12. The van der Waals surface area contributed by atoms with Crippen LogP contribution in [0.25, 0.3) is 0 Å². The van der Waals surface area contributed by atoms with Crippen molar-refractivity contribution in [3.8, 4) is 0 Å². The van der Waals surface area contributed by atoms with Crippen LogP contribution in [0.2, 0.25) is 5.02 Å². The number of anilines is 1. The topological polar surface area (TPSA) is 32.3 Å². The average Bonchev–Trinajstić information content (AvgIpc) is 2.31. The fourth-order valence-electron chi connectivity index (χ4n) is 2.59. The van der Waals surface area contributed by atoms with Crippen molar-refractivity contribution in [2.45, 2.75) is 20.3 Å². The highest BCUT2D eigenvalue weighted by Gasteiger charge is 2.25. The van der Waals surface area contributed by atoms with Gasteiger partial charge in [-0.2, -0.15) is 0 Å². The lowest BCUT2D eigenvalue weighted by Gasteiger charge is -2.35. The summed E-state index contributed by atoms with van der Waals surface area (Å²) in [6.07, 6.45) is 1.19. The van der Waals surface area contributed by atoms with Crippen molar-refractivity contribution in [1.82, 2.24) is 4.90 Å². The number of halogens is 1. The van der Waals surface area contributed by atoms with Crippen molar-refractivity contribution in [2.75, 3.05) is 18.4 Å². The van der Waals surface area contributed by atoms with Crippen LogP contribution >= 0.6 is 11.6 Å². The van der Waals surface area contributed by atoms with E-state index in [0.717, 1.165) is 13.1 Å². The molecule has 1 aliphatic rings. The number of hydrogen-bond donors (Lipinski definition) is 1. The molecule has 1 aromatic carbocycles. The van der Waals surface area contributed by atoms with Gasteiger partial charge in [0.2, 0.25) is 0 Å². The van der Waals surface area contributed by atoms with E-state index in [1.54, 1.807) is 6.07 Å². The van der Waals surface area contributed by atoms with Gasteiger partial charge in [0.15, 0.2) is 0 Å². The standard InChI is InChI=1S/C14H19ClN2O/c1-10-7-11(2)9-17(8-10)14(18)16-13-6-4-3-5-12(13)15/h3-6,10-11H,7-9H2,1-2H3,(H,16,18)/t10-,11-/m1/s1. The summed E-state index contributed by atoms with van der Waals surface area (Å²) in [6.45, 7) is 6.01. The Bertz CT molecular complexity index is 426. The number of para-hydroxylation sites is 1. The predicted molar refractivity (Wildman–Crippen MR) is 75.0 cm³/mol. The fraction of sp³-hybridized carbons (Fsp3) is 0.500. The molecule has 18 heavy (non-hydrogen) atoms. The number of amides is 2. The number of urea groups is 1. The summed E-state index contributed by atoms with van der Waals surface area (Å²) < 4.78 is 0. The molecular weight excluding hydrogens is 248 g/mol. The molecule has 0 saturated carbocycles. The Morgan fingerprint density at radius 3 is 2.50 bits per heavy atom. The molecule has 98 valence electrons.